The molecule has 1 unspecified atom stereocenters. The number of anilines is 3. The van der Waals surface area contributed by atoms with E-state index in [0.717, 1.165) is 35.6 Å². The molecule has 2 aliphatic carbocycles. The standard InChI is InChI=1S/C68H50N2/c1-68(49-24-7-3-8-25-49)62-36-18-15-32-58(62)59-45-44-52(46-63(59)68)69(64-37-19-16-33-60(64)57-31-14-13-30-56(57)55-29-12-11-28-53(55)47-22-5-2-6-23-47)51-42-40-48(41-43-51)54-35-21-39-66-67(54)61-34-17-20-38-65(61)70(66)50-26-9-4-10-27-50/h2-12,15-46H,13-14H2,1H3. The molecule has 1 aromatic heterocycles. The highest BCUT2D eigenvalue weighted by atomic mass is 15.1. The van der Waals surface area contributed by atoms with Crippen molar-refractivity contribution < 1.29 is 0 Å². The molecule has 0 fully saturated rings. The van der Waals surface area contributed by atoms with E-state index >= 15 is 0 Å². The minimum absolute atomic E-state index is 0.348. The van der Waals surface area contributed by atoms with E-state index in [9.17, 15) is 0 Å². The van der Waals surface area contributed by atoms with Crippen LogP contribution in [-0.4, -0.2) is 4.57 Å². The van der Waals surface area contributed by atoms with Gasteiger partial charge in [-0.25, -0.2) is 0 Å². The fourth-order valence-electron chi connectivity index (χ4n) is 11.7. The monoisotopic (exact) mass is 894 g/mol. The van der Waals surface area contributed by atoms with Crippen molar-refractivity contribution in [3.63, 3.8) is 0 Å². The Hall–Kier alpha value is -8.72. The quantitative estimate of drug-likeness (QED) is 0.140. The molecule has 1 atom stereocenters. The number of benzene rings is 10. The van der Waals surface area contributed by atoms with Crippen LogP contribution in [0.5, 0.6) is 0 Å². The third-order valence-electron chi connectivity index (χ3n) is 14.9. The van der Waals surface area contributed by atoms with E-state index < -0.39 is 0 Å². The van der Waals surface area contributed by atoms with Gasteiger partial charge in [0.15, 0.2) is 0 Å². The van der Waals surface area contributed by atoms with Gasteiger partial charge in [-0.2, -0.15) is 0 Å². The Morgan fingerprint density at radius 3 is 1.70 bits per heavy atom. The molecule has 13 rings (SSSR count). The van der Waals surface area contributed by atoms with Crippen molar-refractivity contribution in [1.29, 1.82) is 0 Å². The number of allylic oxidation sites excluding steroid dienone is 4. The van der Waals surface area contributed by atoms with Gasteiger partial charge in [0, 0.05) is 38.8 Å². The van der Waals surface area contributed by atoms with Crippen molar-refractivity contribution in [3.05, 3.63) is 289 Å². The summed E-state index contributed by atoms with van der Waals surface area (Å²) < 4.78 is 2.40. The smallest absolute Gasteiger partial charge is 0.0547 e. The minimum Gasteiger partial charge on any atom is -0.310 e. The number of rotatable bonds is 9. The average Bonchev–Trinajstić information content (AvgIpc) is 3.92. The van der Waals surface area contributed by atoms with E-state index in [2.05, 4.69) is 277 Å². The van der Waals surface area contributed by atoms with Crippen molar-refractivity contribution in [1.82, 2.24) is 4.57 Å². The lowest BCUT2D eigenvalue weighted by atomic mass is 9.74. The second kappa shape index (κ2) is 17.1. The van der Waals surface area contributed by atoms with Crippen LogP contribution in [0.2, 0.25) is 0 Å². The summed E-state index contributed by atoms with van der Waals surface area (Å²) >= 11 is 0. The number of hydrogen-bond donors (Lipinski definition) is 0. The average molecular weight is 895 g/mol. The molecule has 0 bridgehead atoms. The Labute approximate surface area is 410 Å². The Kier molecular flexibility index (Phi) is 10.1. The largest absolute Gasteiger partial charge is 0.310 e. The molecule has 1 heterocycles. The summed E-state index contributed by atoms with van der Waals surface area (Å²) in [5.41, 5.74) is 22.9. The topological polar surface area (TPSA) is 8.17 Å². The van der Waals surface area contributed by atoms with Gasteiger partial charge in [0.2, 0.25) is 0 Å². The van der Waals surface area contributed by atoms with E-state index in [-0.39, 0.29) is 5.41 Å². The summed E-state index contributed by atoms with van der Waals surface area (Å²) in [6.45, 7) is 2.41. The van der Waals surface area contributed by atoms with Crippen molar-refractivity contribution in [2.75, 3.05) is 4.90 Å². The van der Waals surface area contributed by atoms with E-state index in [1.807, 2.05) is 0 Å². The molecule has 0 amide bonds. The van der Waals surface area contributed by atoms with Crippen LogP contribution in [0.25, 0.3) is 72.0 Å². The molecule has 2 heteroatoms. The summed E-state index contributed by atoms with van der Waals surface area (Å²) in [4.78, 5) is 2.51. The van der Waals surface area contributed by atoms with Gasteiger partial charge >= 0.3 is 0 Å². The molecule has 0 radical (unpaired) electrons. The number of hydrogen-bond acceptors (Lipinski definition) is 1. The number of para-hydroxylation sites is 3. The van der Waals surface area contributed by atoms with Crippen molar-refractivity contribution in [2.24, 2.45) is 0 Å². The van der Waals surface area contributed by atoms with Gasteiger partial charge < -0.3 is 9.47 Å². The summed E-state index contributed by atoms with van der Waals surface area (Å²) in [5, 5.41) is 2.50. The molecule has 332 valence electrons. The first-order valence-electron chi connectivity index (χ1n) is 24.6. The van der Waals surface area contributed by atoms with Crippen molar-refractivity contribution in [2.45, 2.75) is 25.2 Å². The molecule has 2 nitrogen and oxygen atoms in total. The predicted molar refractivity (Wildman–Crippen MR) is 295 cm³/mol. The molecule has 2 aliphatic rings. The summed E-state index contributed by atoms with van der Waals surface area (Å²) in [7, 11) is 0. The molecular formula is C68H50N2. The number of aromatic nitrogens is 1. The van der Waals surface area contributed by atoms with Gasteiger partial charge in [-0.3, -0.25) is 0 Å². The first-order chi connectivity index (χ1) is 34.6. The summed E-state index contributed by atoms with van der Waals surface area (Å²) in [6, 6.07) is 91.6. The van der Waals surface area contributed by atoms with Gasteiger partial charge in [-0.15, -0.1) is 0 Å². The predicted octanol–water partition coefficient (Wildman–Crippen LogP) is 18.2. The first kappa shape index (κ1) is 41.5. The summed E-state index contributed by atoms with van der Waals surface area (Å²) in [6.07, 6.45) is 6.90. The number of nitrogens with zero attached hydrogens (tertiary/aromatic N) is 2. The fraction of sp³-hybridized carbons (Fsp3) is 0.0588. The summed E-state index contributed by atoms with van der Waals surface area (Å²) in [5.74, 6) is 0. The van der Waals surface area contributed by atoms with Crippen LogP contribution in [0, 0.1) is 0 Å². The van der Waals surface area contributed by atoms with Gasteiger partial charge in [-0.05, 0) is 141 Å². The molecular weight excluding hydrogens is 845 g/mol. The molecule has 0 saturated carbocycles. The van der Waals surface area contributed by atoms with Crippen LogP contribution in [0.15, 0.2) is 261 Å². The zero-order valence-corrected chi connectivity index (χ0v) is 39.1. The van der Waals surface area contributed by atoms with Crippen LogP contribution < -0.4 is 4.90 Å². The lowest BCUT2D eigenvalue weighted by molar-refractivity contribution is 0.714. The van der Waals surface area contributed by atoms with Crippen LogP contribution in [0.1, 0.15) is 47.6 Å². The molecule has 70 heavy (non-hydrogen) atoms. The van der Waals surface area contributed by atoms with Gasteiger partial charge in [0.1, 0.15) is 0 Å². The van der Waals surface area contributed by atoms with E-state index in [1.165, 1.54) is 94.2 Å². The van der Waals surface area contributed by atoms with E-state index in [0.29, 0.717) is 0 Å². The Balaban J connectivity index is 0.998. The molecule has 11 aromatic rings. The maximum absolute atomic E-state index is 2.51. The lowest BCUT2D eigenvalue weighted by Gasteiger charge is -2.32. The van der Waals surface area contributed by atoms with Crippen molar-refractivity contribution >= 4 is 50.0 Å². The van der Waals surface area contributed by atoms with Gasteiger partial charge in [-0.1, -0.05) is 206 Å². The minimum atomic E-state index is -0.348. The lowest BCUT2D eigenvalue weighted by Crippen LogP contribution is -2.23. The normalized spacial score (nSPS) is 15.0. The van der Waals surface area contributed by atoms with Gasteiger partial charge in [0.05, 0.1) is 16.7 Å². The second-order valence-electron chi connectivity index (χ2n) is 18.8. The van der Waals surface area contributed by atoms with Crippen LogP contribution >= 0.6 is 0 Å². The number of fused-ring (bicyclic) bond motifs is 6. The molecule has 10 aromatic carbocycles. The maximum atomic E-state index is 2.51. The zero-order valence-electron chi connectivity index (χ0n) is 39.1. The molecule has 0 spiro atoms. The highest BCUT2D eigenvalue weighted by molar-refractivity contribution is 6.16. The third kappa shape index (κ3) is 6.71. The van der Waals surface area contributed by atoms with Gasteiger partial charge in [0.25, 0.3) is 0 Å². The van der Waals surface area contributed by atoms with E-state index in [1.54, 1.807) is 0 Å². The Bertz CT molecular complexity index is 3820. The van der Waals surface area contributed by atoms with Crippen LogP contribution in [0.4, 0.5) is 17.1 Å². The molecule has 0 saturated heterocycles. The SMILES string of the molecule is CC1(c2ccccc2)c2ccccc2-c2ccc(N(c3ccc(-c4cccc5c4c4ccccc4n5-c4ccccc4)cc3)c3ccccc3C3=CCCC=C3c3ccccc3-c3ccccc3)cc21. The fourth-order valence-corrected chi connectivity index (χ4v) is 11.7. The van der Waals surface area contributed by atoms with E-state index in [4.69, 9.17) is 0 Å². The third-order valence-corrected chi connectivity index (χ3v) is 14.9. The molecule has 0 aliphatic heterocycles. The molecule has 0 N–H and O–H groups in total. The highest BCUT2D eigenvalue weighted by Crippen LogP contribution is 2.55. The van der Waals surface area contributed by atoms with Crippen LogP contribution in [0.3, 0.4) is 0 Å². The first-order valence-corrected chi connectivity index (χ1v) is 24.6. The Morgan fingerprint density at radius 2 is 0.929 bits per heavy atom. The zero-order chi connectivity index (χ0) is 46.6. The van der Waals surface area contributed by atoms with Crippen molar-refractivity contribution in [3.8, 4) is 39.1 Å². The highest BCUT2D eigenvalue weighted by Gasteiger charge is 2.41. The maximum Gasteiger partial charge on any atom is 0.0547 e. The van der Waals surface area contributed by atoms with Crippen LogP contribution in [-0.2, 0) is 5.41 Å². The Morgan fingerprint density at radius 1 is 0.386 bits per heavy atom. The second-order valence-corrected chi connectivity index (χ2v) is 18.8.